The van der Waals surface area contributed by atoms with Crippen molar-refractivity contribution in [2.45, 2.75) is 174 Å². The first-order chi connectivity index (χ1) is 25.6. The van der Waals surface area contributed by atoms with Crippen molar-refractivity contribution in [1.29, 1.82) is 0 Å². The summed E-state index contributed by atoms with van der Waals surface area (Å²) in [6.45, 7) is 24.6. The Hall–Kier alpha value is -1.98. The van der Waals surface area contributed by atoms with Gasteiger partial charge in [-0.2, -0.15) is 4.68 Å². The lowest BCUT2D eigenvalue weighted by Crippen LogP contribution is -2.72. The quantitative estimate of drug-likeness (QED) is 0.131. The van der Waals surface area contributed by atoms with Gasteiger partial charge in [0.25, 0.3) is 5.16 Å². The van der Waals surface area contributed by atoms with Crippen LogP contribution in [0.1, 0.15) is 108 Å². The summed E-state index contributed by atoms with van der Waals surface area (Å²) in [6.07, 6.45) is 2.92. The molecule has 0 radical (unpaired) electrons. The molecule has 306 valence electrons. The fraction of sp³-hybridized carbons (Fsp3) is 0.800. The first-order valence-electron chi connectivity index (χ1n) is 21.1. The number of ether oxygens (including phenoxy) is 1. The Morgan fingerprint density at radius 1 is 0.963 bits per heavy atom. The van der Waals surface area contributed by atoms with Crippen LogP contribution in [0, 0.1) is 29.6 Å². The van der Waals surface area contributed by atoms with Crippen molar-refractivity contribution in [3.05, 3.63) is 30.3 Å². The van der Waals surface area contributed by atoms with Gasteiger partial charge in [-0.1, -0.05) is 99.5 Å². The molecule has 9 atom stereocenters. The fourth-order valence-corrected chi connectivity index (χ4v) is 16.5. The normalized spacial score (nSPS) is 27.9. The molecule has 0 bridgehead atoms. The highest BCUT2D eigenvalue weighted by Crippen LogP contribution is 2.49. The van der Waals surface area contributed by atoms with Crippen molar-refractivity contribution >= 4 is 32.4 Å². The molecular weight excluding hydrogens is 735 g/mol. The zero-order valence-electron chi connectivity index (χ0n) is 35.1. The van der Waals surface area contributed by atoms with E-state index in [1.807, 2.05) is 18.2 Å². The molecule has 14 heteroatoms. The Morgan fingerprint density at radius 3 is 2.15 bits per heavy atom. The van der Waals surface area contributed by atoms with Gasteiger partial charge in [-0.05, 0) is 96.8 Å². The van der Waals surface area contributed by atoms with Crippen LogP contribution in [0.25, 0.3) is 5.69 Å². The first kappa shape index (κ1) is 44.7. The standard InChI is InChI=1S/C40H71N5O6SSi2/c1-12-33-27-30(9)40(41-38(33)46)32(11)37(51-54(16-5,17-6)18-7)31(10)36(49-40)28-35(50-53(13-2,14-3)15-4)29(8)23-22-26-52(47,48)39-42-43-44-45(39)34-24-20-19-21-25-34/h19-21,24-25,29-33,35-37H,12-18,22-23,26-28H2,1-11H3,(H,41,46)/t29-,30-,31-,32-,33-,35-,36-,37-,40+/m0/s1. The summed E-state index contributed by atoms with van der Waals surface area (Å²) in [4.78, 5) is 13.7. The summed E-state index contributed by atoms with van der Waals surface area (Å²) >= 11 is 0. The number of para-hydroxylation sites is 1. The number of hydrogen-bond acceptors (Lipinski definition) is 9. The topological polar surface area (TPSA) is 135 Å². The molecule has 0 aliphatic carbocycles. The maximum Gasteiger partial charge on any atom is 0.272 e. The number of carbonyl (C=O) groups is 1. The molecule has 11 nitrogen and oxygen atoms in total. The van der Waals surface area contributed by atoms with Gasteiger partial charge in [0.1, 0.15) is 5.72 Å². The number of tetrazole rings is 1. The molecule has 2 aliphatic heterocycles. The molecule has 2 aliphatic rings. The van der Waals surface area contributed by atoms with Crippen LogP contribution in [-0.4, -0.2) is 81.0 Å². The van der Waals surface area contributed by atoms with Crippen molar-refractivity contribution in [1.82, 2.24) is 25.5 Å². The molecule has 0 unspecified atom stereocenters. The Bertz CT molecular complexity index is 1570. The molecule has 1 aromatic heterocycles. The van der Waals surface area contributed by atoms with E-state index in [9.17, 15) is 13.2 Å². The van der Waals surface area contributed by atoms with Gasteiger partial charge in [0.2, 0.25) is 15.7 Å². The molecule has 1 amide bonds. The first-order valence-corrected chi connectivity index (χ1v) is 27.8. The summed E-state index contributed by atoms with van der Waals surface area (Å²) in [5, 5.41) is 14.9. The number of nitrogens with one attached hydrogen (secondary N) is 1. The van der Waals surface area contributed by atoms with Gasteiger partial charge < -0.3 is 18.9 Å². The number of benzene rings is 1. The molecule has 2 saturated heterocycles. The van der Waals surface area contributed by atoms with Crippen molar-refractivity contribution in [2.75, 3.05) is 5.75 Å². The molecule has 0 saturated carbocycles. The number of hydrogen-bond donors (Lipinski definition) is 1. The van der Waals surface area contributed by atoms with Crippen molar-refractivity contribution in [3.8, 4) is 5.69 Å². The second kappa shape index (κ2) is 19.0. The SMILES string of the molecule is CC[C@H]1C[C@H](C)[C@@]2(NC1=O)O[C@@H](C[C@H](O[Si](CC)(CC)CC)[C@@H](C)CCCS(=O)(=O)c1nnnn1-c1ccccc1)[C@H](C)[C@H](O[Si](CC)(CC)CC)[C@@H]2C. The zero-order chi connectivity index (χ0) is 39.9. The van der Waals surface area contributed by atoms with Crippen LogP contribution in [0.5, 0.6) is 0 Å². The average molecular weight is 806 g/mol. The second-order valence-electron chi connectivity index (χ2n) is 16.4. The Kier molecular flexibility index (Phi) is 15.7. The molecule has 54 heavy (non-hydrogen) atoms. The van der Waals surface area contributed by atoms with Gasteiger partial charge in [-0.25, -0.2) is 8.42 Å². The molecule has 4 rings (SSSR count). The van der Waals surface area contributed by atoms with Gasteiger partial charge in [0.05, 0.1) is 29.8 Å². The van der Waals surface area contributed by atoms with Crippen LogP contribution in [0.15, 0.2) is 35.5 Å². The Labute approximate surface area is 328 Å². The predicted octanol–water partition coefficient (Wildman–Crippen LogP) is 8.57. The van der Waals surface area contributed by atoms with Gasteiger partial charge >= 0.3 is 0 Å². The Balaban J connectivity index is 1.65. The molecule has 2 aromatic rings. The van der Waals surface area contributed by atoms with E-state index in [2.05, 4.69) is 97.0 Å². The zero-order valence-corrected chi connectivity index (χ0v) is 38.0. The van der Waals surface area contributed by atoms with E-state index in [1.54, 1.807) is 12.1 Å². The average Bonchev–Trinajstić information content (AvgIpc) is 3.69. The highest BCUT2D eigenvalue weighted by Gasteiger charge is 2.59. The summed E-state index contributed by atoms with van der Waals surface area (Å²) in [6, 6.07) is 15.3. The monoisotopic (exact) mass is 805 g/mol. The molecule has 3 heterocycles. The van der Waals surface area contributed by atoms with Crippen LogP contribution < -0.4 is 5.32 Å². The van der Waals surface area contributed by atoms with Crippen LogP contribution in [-0.2, 0) is 28.2 Å². The molecule has 1 N–H and O–H groups in total. The van der Waals surface area contributed by atoms with Gasteiger partial charge in [-0.15, -0.1) is 0 Å². The van der Waals surface area contributed by atoms with Gasteiger partial charge in [-0.3, -0.25) is 4.79 Å². The molecule has 1 spiro atoms. The van der Waals surface area contributed by atoms with E-state index in [0.717, 1.165) is 49.1 Å². The minimum Gasteiger partial charge on any atom is -0.414 e. The maximum atomic E-state index is 13.7. The van der Waals surface area contributed by atoms with Crippen LogP contribution >= 0.6 is 0 Å². The number of nitrogens with zero attached hydrogens (tertiary/aromatic N) is 4. The maximum absolute atomic E-state index is 13.7. The van der Waals surface area contributed by atoms with E-state index in [1.165, 1.54) is 4.68 Å². The largest absolute Gasteiger partial charge is 0.414 e. The Morgan fingerprint density at radius 2 is 1.57 bits per heavy atom. The number of sulfone groups is 1. The van der Waals surface area contributed by atoms with Crippen molar-refractivity contribution in [3.63, 3.8) is 0 Å². The lowest BCUT2D eigenvalue weighted by molar-refractivity contribution is -0.264. The number of rotatable bonds is 20. The molecular formula is C40H71N5O6SSi2. The van der Waals surface area contributed by atoms with Crippen molar-refractivity contribution < 1.29 is 26.8 Å². The smallest absolute Gasteiger partial charge is 0.272 e. The van der Waals surface area contributed by atoms with Gasteiger partial charge in [0, 0.05) is 23.7 Å². The summed E-state index contributed by atoms with van der Waals surface area (Å²) in [5.74, 6) is 0.210. The lowest BCUT2D eigenvalue weighted by atomic mass is 9.69. The van der Waals surface area contributed by atoms with Crippen LogP contribution in [0.4, 0.5) is 0 Å². The van der Waals surface area contributed by atoms with E-state index in [0.29, 0.717) is 24.9 Å². The number of amides is 1. The fourth-order valence-electron chi connectivity index (χ4n) is 9.25. The number of carbonyl (C=O) groups excluding carboxylic acids is 1. The van der Waals surface area contributed by atoms with E-state index in [-0.39, 0.29) is 64.7 Å². The van der Waals surface area contributed by atoms with Crippen molar-refractivity contribution in [2.24, 2.45) is 29.6 Å². The summed E-state index contributed by atoms with van der Waals surface area (Å²) in [7, 11) is -7.87. The summed E-state index contributed by atoms with van der Waals surface area (Å²) < 4.78 is 50.7. The second-order valence-corrected chi connectivity index (χ2v) is 27.9. The third-order valence-corrected chi connectivity index (χ3v) is 24.7. The van der Waals surface area contributed by atoms with Crippen LogP contribution in [0.3, 0.4) is 0 Å². The number of piperidine rings is 1. The van der Waals surface area contributed by atoms with Crippen LogP contribution in [0.2, 0.25) is 36.3 Å². The number of aromatic nitrogens is 4. The lowest BCUT2D eigenvalue weighted by Gasteiger charge is -2.58. The minimum absolute atomic E-state index is 0.0241. The minimum atomic E-state index is -3.76. The van der Waals surface area contributed by atoms with E-state index >= 15 is 0 Å². The van der Waals surface area contributed by atoms with E-state index < -0.39 is 32.2 Å². The predicted molar refractivity (Wildman–Crippen MR) is 220 cm³/mol. The summed E-state index contributed by atoms with van der Waals surface area (Å²) in [5.41, 5.74) is -0.233. The highest BCUT2D eigenvalue weighted by atomic mass is 32.2. The third kappa shape index (κ3) is 9.41. The van der Waals surface area contributed by atoms with Gasteiger partial charge in [0.15, 0.2) is 16.6 Å². The van der Waals surface area contributed by atoms with E-state index in [4.69, 9.17) is 13.6 Å². The molecule has 2 fully saturated rings. The highest BCUT2D eigenvalue weighted by molar-refractivity contribution is 7.91. The third-order valence-electron chi connectivity index (χ3n) is 13.7. The molecule has 1 aromatic carbocycles.